The number of para-hydroxylation sites is 2. The van der Waals surface area contributed by atoms with E-state index in [-0.39, 0.29) is 8.76 Å². The number of aryl methyl sites for hydroxylation is 1. The minimum absolute atomic E-state index is 0. The number of allylic oxidation sites excluding steroid dienone is 1. The van der Waals surface area contributed by atoms with Gasteiger partial charge in [0.2, 0.25) is 0 Å². The van der Waals surface area contributed by atoms with Gasteiger partial charge in [-0.3, -0.25) is 4.79 Å². The number of carbonyl (C=O) groups is 1. The monoisotopic (exact) mass is 383 g/mol. The van der Waals surface area contributed by atoms with Crippen LogP contribution in [0.15, 0.2) is 73.0 Å². The van der Waals surface area contributed by atoms with Crippen molar-refractivity contribution in [2.24, 2.45) is 0 Å². The number of rotatable bonds is 8. The fraction of sp³-hybridized carbons (Fsp3) is 0.292. The first-order chi connectivity index (χ1) is 13.5. The summed E-state index contributed by atoms with van der Waals surface area (Å²) in [7, 11) is 0. The molecule has 154 valence electrons. The highest BCUT2D eigenvalue weighted by atomic mass is 16.1. The first-order valence-electron chi connectivity index (χ1n) is 9.77. The van der Waals surface area contributed by atoms with E-state index in [2.05, 4.69) is 31.1 Å². The smallest absolute Gasteiger partial charge is 0.251 e. The first kappa shape index (κ1) is 23.0. The third-order valence-corrected chi connectivity index (χ3v) is 3.71. The number of hydrogen-bond donors (Lipinski definition) is 3. The molecule has 2 aromatic rings. The molecule has 0 fully saturated rings. The molecule has 0 atom stereocenters. The Morgan fingerprint density at radius 3 is 2.39 bits per heavy atom. The third kappa shape index (κ3) is 9.08. The van der Waals surface area contributed by atoms with Gasteiger partial charge in [-0.15, -0.1) is 0 Å². The van der Waals surface area contributed by atoms with E-state index in [1.807, 2.05) is 67.6 Å². The maximum Gasteiger partial charge on any atom is 0.251 e. The number of hydrogen-bond acceptors (Lipinski definition) is 3. The predicted octanol–water partition coefficient (Wildman–Crippen LogP) is 6.18. The maximum atomic E-state index is 12.0. The van der Waals surface area contributed by atoms with Gasteiger partial charge in [0.15, 0.2) is 0 Å². The van der Waals surface area contributed by atoms with E-state index in [9.17, 15) is 4.79 Å². The molecule has 0 saturated carbocycles. The Balaban J connectivity index is 0. The van der Waals surface area contributed by atoms with Crippen molar-refractivity contribution in [3.63, 3.8) is 0 Å². The molecule has 0 unspecified atom stereocenters. The van der Waals surface area contributed by atoms with Gasteiger partial charge < -0.3 is 16.4 Å². The van der Waals surface area contributed by atoms with Crippen LogP contribution >= 0.6 is 0 Å². The summed E-state index contributed by atoms with van der Waals surface area (Å²) in [5.41, 5.74) is 10.2. The van der Waals surface area contributed by atoms with Crippen LogP contribution in [0.5, 0.6) is 0 Å². The van der Waals surface area contributed by atoms with Crippen LogP contribution < -0.4 is 16.4 Å². The Morgan fingerprint density at radius 2 is 1.75 bits per heavy atom. The lowest BCUT2D eigenvalue weighted by Crippen LogP contribution is -2.23. The van der Waals surface area contributed by atoms with Crippen molar-refractivity contribution in [3.05, 3.63) is 84.1 Å². The molecule has 4 nitrogen and oxygen atoms in total. The van der Waals surface area contributed by atoms with Crippen LogP contribution in [0.25, 0.3) is 0 Å². The topological polar surface area (TPSA) is 67.2 Å². The molecule has 0 heterocycles. The van der Waals surface area contributed by atoms with E-state index >= 15 is 0 Å². The van der Waals surface area contributed by atoms with Crippen molar-refractivity contribution in [1.82, 2.24) is 5.32 Å². The third-order valence-electron chi connectivity index (χ3n) is 3.71. The minimum atomic E-state index is -0.0426. The highest BCUT2D eigenvalue weighted by Crippen LogP contribution is 2.19. The summed E-state index contributed by atoms with van der Waals surface area (Å²) in [6, 6.07) is 15.1. The van der Waals surface area contributed by atoms with Gasteiger partial charge in [-0.05, 0) is 37.6 Å². The van der Waals surface area contributed by atoms with E-state index in [0.29, 0.717) is 24.2 Å². The van der Waals surface area contributed by atoms with E-state index in [4.69, 9.17) is 5.73 Å². The zero-order valence-electron chi connectivity index (χ0n) is 17.3. The average Bonchev–Trinajstić information content (AvgIpc) is 2.67. The second-order valence-corrected chi connectivity index (χ2v) is 6.61. The Kier molecular flexibility index (Phi) is 10.9. The van der Waals surface area contributed by atoms with Gasteiger partial charge in [0.1, 0.15) is 0 Å². The van der Waals surface area contributed by atoms with Crippen LogP contribution in [0.2, 0.25) is 0 Å². The van der Waals surface area contributed by atoms with E-state index in [1.165, 1.54) is 6.42 Å². The predicted molar refractivity (Wildman–Crippen MR) is 126 cm³/mol. The van der Waals surface area contributed by atoms with Crippen LogP contribution in [-0.2, 0) is 0 Å². The molecule has 2 aromatic carbocycles. The molecule has 0 bridgehead atoms. The number of anilines is 2. The number of nitrogen functional groups attached to an aromatic ring is 1. The number of nitrogens with one attached hydrogen (secondary N) is 2. The molecule has 0 radical (unpaired) electrons. The molecular weight excluding hydrogens is 346 g/mol. The zero-order chi connectivity index (χ0) is 20.8. The van der Waals surface area contributed by atoms with Crippen LogP contribution in [-0.4, -0.2) is 12.5 Å². The number of carbonyl (C=O) groups excluding carboxylic acids is 1. The van der Waals surface area contributed by atoms with Gasteiger partial charge in [-0.2, -0.15) is 0 Å². The molecule has 1 amide bonds. The summed E-state index contributed by atoms with van der Waals surface area (Å²) >= 11 is 0. The Bertz CT molecular complexity index is 774. The normalized spacial score (nSPS) is 10.1. The lowest BCUT2D eigenvalue weighted by molar-refractivity contribution is 0.0954. The van der Waals surface area contributed by atoms with Crippen molar-refractivity contribution in [2.45, 2.75) is 40.0 Å². The fourth-order valence-corrected chi connectivity index (χ4v) is 2.27. The molecule has 0 spiro atoms. The number of amides is 1. The van der Waals surface area contributed by atoms with Crippen molar-refractivity contribution in [3.8, 4) is 0 Å². The summed E-state index contributed by atoms with van der Waals surface area (Å²) < 4.78 is 0. The largest absolute Gasteiger partial charge is 0.397 e. The maximum absolute atomic E-state index is 12.0. The standard InChI is InChI=1S/C21H25N3O.C3H8.2H2/c1-16-11-13-18(14-12-16)21(25)23-15-7-3-4-8-17(2)24-20-10-6-5-9-19(20)22;1-3-2;;/h3-6,9-14,24H,2,7-8,15,22H2,1H3,(H,23,25);3H2,1-2H3;2*1H/b4-3+;;;. The molecule has 0 aliphatic carbocycles. The average molecular weight is 384 g/mol. The van der Waals surface area contributed by atoms with E-state index < -0.39 is 0 Å². The lowest BCUT2D eigenvalue weighted by atomic mass is 10.1. The van der Waals surface area contributed by atoms with Crippen molar-refractivity contribution in [2.75, 3.05) is 17.6 Å². The molecule has 0 aliphatic rings. The Morgan fingerprint density at radius 1 is 1.11 bits per heavy atom. The van der Waals surface area contributed by atoms with Crippen LogP contribution in [0.4, 0.5) is 11.4 Å². The highest BCUT2D eigenvalue weighted by Gasteiger charge is 2.02. The van der Waals surface area contributed by atoms with Crippen LogP contribution in [0.3, 0.4) is 0 Å². The molecular formula is C24H37N3O. The quantitative estimate of drug-likeness (QED) is 0.290. The molecule has 4 N–H and O–H groups in total. The molecule has 0 aromatic heterocycles. The van der Waals surface area contributed by atoms with Crippen LogP contribution in [0.1, 0.15) is 51.9 Å². The number of benzene rings is 2. The molecule has 0 saturated heterocycles. The second kappa shape index (κ2) is 13.2. The summed E-state index contributed by atoms with van der Waals surface area (Å²) in [6.45, 7) is 10.9. The fourth-order valence-electron chi connectivity index (χ4n) is 2.27. The van der Waals surface area contributed by atoms with Gasteiger partial charge >= 0.3 is 0 Å². The summed E-state index contributed by atoms with van der Waals surface area (Å²) in [4.78, 5) is 12.0. The van der Waals surface area contributed by atoms with Gasteiger partial charge in [0.25, 0.3) is 5.91 Å². The summed E-state index contributed by atoms with van der Waals surface area (Å²) in [5, 5.41) is 6.11. The van der Waals surface area contributed by atoms with Crippen molar-refractivity contribution in [1.29, 1.82) is 0 Å². The summed E-state index contributed by atoms with van der Waals surface area (Å²) in [6.07, 6.45) is 6.81. The minimum Gasteiger partial charge on any atom is -0.397 e. The van der Waals surface area contributed by atoms with E-state index in [0.717, 1.165) is 23.4 Å². The van der Waals surface area contributed by atoms with Crippen molar-refractivity contribution < 1.29 is 7.65 Å². The Hall–Kier alpha value is -3.01. The van der Waals surface area contributed by atoms with E-state index in [1.54, 1.807) is 0 Å². The van der Waals surface area contributed by atoms with Gasteiger partial charge in [0.05, 0.1) is 11.4 Å². The molecule has 2 rings (SSSR count). The lowest BCUT2D eigenvalue weighted by Gasteiger charge is -2.09. The van der Waals surface area contributed by atoms with Crippen molar-refractivity contribution >= 4 is 17.3 Å². The molecule has 4 heteroatoms. The van der Waals surface area contributed by atoms with Gasteiger partial charge in [-0.1, -0.05) is 68.8 Å². The SMILES string of the molecule is C=C(C/C=C/CCNC(=O)c1ccc(C)cc1)Nc1ccccc1N.CCC.[HH].[HH]. The highest BCUT2D eigenvalue weighted by molar-refractivity contribution is 5.94. The van der Waals surface area contributed by atoms with Crippen LogP contribution in [0, 0.1) is 6.92 Å². The second-order valence-electron chi connectivity index (χ2n) is 6.61. The van der Waals surface area contributed by atoms with Gasteiger partial charge in [0, 0.05) is 27.1 Å². The molecule has 0 aliphatic heterocycles. The Labute approximate surface area is 172 Å². The first-order valence-corrected chi connectivity index (χ1v) is 9.77. The van der Waals surface area contributed by atoms with Gasteiger partial charge in [-0.25, -0.2) is 0 Å². The zero-order valence-corrected chi connectivity index (χ0v) is 17.3. The summed E-state index contributed by atoms with van der Waals surface area (Å²) in [5.74, 6) is -0.0426. The number of nitrogens with two attached hydrogens (primary N) is 1. The molecule has 28 heavy (non-hydrogen) atoms.